The summed E-state index contributed by atoms with van der Waals surface area (Å²) < 4.78 is 11.2. The van der Waals surface area contributed by atoms with Crippen LogP contribution in [0.15, 0.2) is 4.99 Å². The van der Waals surface area contributed by atoms with Crippen molar-refractivity contribution in [3.63, 3.8) is 0 Å². The lowest BCUT2D eigenvalue weighted by Crippen LogP contribution is -2.72. The van der Waals surface area contributed by atoms with Crippen molar-refractivity contribution in [3.05, 3.63) is 0 Å². The van der Waals surface area contributed by atoms with E-state index < -0.39 is 0 Å². The second-order valence-electron chi connectivity index (χ2n) is 8.26. The fourth-order valence-corrected chi connectivity index (χ4v) is 5.57. The molecule has 3 atom stereocenters. The number of fused-ring (bicyclic) bond motifs is 2. The summed E-state index contributed by atoms with van der Waals surface area (Å²) in [5, 5.41) is 3.84. The topological polar surface area (TPSA) is 63.2 Å². The summed E-state index contributed by atoms with van der Waals surface area (Å²) in [5.74, 6) is 1.70. The van der Waals surface area contributed by atoms with Gasteiger partial charge in [0.1, 0.15) is 0 Å². The van der Waals surface area contributed by atoms with Gasteiger partial charge in [-0.05, 0) is 46.0 Å². The van der Waals surface area contributed by atoms with Crippen LogP contribution < -0.4 is 5.32 Å². The average Bonchev–Trinajstić information content (AvgIpc) is 3.02. The zero-order chi connectivity index (χ0) is 18.1. The molecule has 27 heavy (non-hydrogen) atoms. The van der Waals surface area contributed by atoms with Gasteiger partial charge in [-0.25, -0.2) is 0 Å². The second kappa shape index (κ2) is 8.84. The third-order valence-corrected chi connectivity index (χ3v) is 7.04. The second-order valence-corrected chi connectivity index (χ2v) is 8.26. The van der Waals surface area contributed by atoms with Gasteiger partial charge in [0.2, 0.25) is 0 Å². The number of carbonyl (C=O) groups excluding carboxylic acids is 1. The molecule has 2 heterocycles. The first-order valence-corrected chi connectivity index (χ1v) is 10.5. The third-order valence-electron chi connectivity index (χ3n) is 7.04. The Labute approximate surface area is 179 Å². The van der Waals surface area contributed by atoms with Crippen LogP contribution in [0.2, 0.25) is 0 Å². The predicted molar refractivity (Wildman–Crippen MR) is 115 cm³/mol. The molecule has 1 spiro atoms. The molecule has 2 aliphatic heterocycles. The standard InChI is InChI=1S/C20H33N3O3.HI/c1-3-21-19(23-11-6-14(7-12-23)18(24)25-4-2)22-16-15-8-13-26-17(15)20(16)9-5-10-20;/h14-17H,3-13H2,1-2H3,(H,21,22);1H. The molecule has 0 aromatic rings. The van der Waals surface area contributed by atoms with Gasteiger partial charge in [0.25, 0.3) is 0 Å². The van der Waals surface area contributed by atoms with Crippen LogP contribution in [-0.2, 0) is 14.3 Å². The van der Waals surface area contributed by atoms with E-state index in [1.54, 1.807) is 0 Å². The number of likely N-dealkylation sites (tertiary alicyclic amines) is 1. The lowest BCUT2D eigenvalue weighted by atomic mass is 9.46. The maximum Gasteiger partial charge on any atom is 0.309 e. The zero-order valence-corrected chi connectivity index (χ0v) is 18.9. The molecule has 2 saturated carbocycles. The van der Waals surface area contributed by atoms with E-state index in [2.05, 4.69) is 17.1 Å². The molecule has 154 valence electrons. The van der Waals surface area contributed by atoms with Crippen molar-refractivity contribution in [1.29, 1.82) is 0 Å². The van der Waals surface area contributed by atoms with Crippen LogP contribution in [0.5, 0.6) is 0 Å². The lowest BCUT2D eigenvalue weighted by Gasteiger charge is -2.63. The number of nitrogens with zero attached hydrogens (tertiary/aromatic N) is 2. The molecule has 4 fully saturated rings. The molecular weight excluding hydrogens is 457 g/mol. The smallest absolute Gasteiger partial charge is 0.309 e. The molecule has 3 unspecified atom stereocenters. The first-order chi connectivity index (χ1) is 12.7. The molecule has 1 N–H and O–H groups in total. The Morgan fingerprint density at radius 1 is 1.26 bits per heavy atom. The first-order valence-electron chi connectivity index (χ1n) is 10.5. The first kappa shape index (κ1) is 21.1. The maximum absolute atomic E-state index is 12.0. The Hall–Kier alpha value is -0.570. The highest BCUT2D eigenvalue weighted by atomic mass is 127. The number of rotatable bonds is 4. The van der Waals surface area contributed by atoms with Gasteiger partial charge in [-0.1, -0.05) is 6.42 Å². The number of hydrogen-bond donors (Lipinski definition) is 1. The Bertz CT molecular complexity index is 559. The molecule has 2 saturated heterocycles. The Balaban J connectivity index is 0.00000210. The van der Waals surface area contributed by atoms with Crippen LogP contribution in [0.1, 0.15) is 52.4 Å². The Morgan fingerprint density at radius 2 is 2.00 bits per heavy atom. The number of carbonyl (C=O) groups is 1. The summed E-state index contributed by atoms with van der Waals surface area (Å²) >= 11 is 0. The van der Waals surface area contributed by atoms with Crippen LogP contribution in [0.4, 0.5) is 0 Å². The molecule has 0 bridgehead atoms. The van der Waals surface area contributed by atoms with Gasteiger partial charge in [-0.2, -0.15) is 0 Å². The number of hydrogen-bond acceptors (Lipinski definition) is 4. The molecule has 4 aliphatic rings. The minimum Gasteiger partial charge on any atom is -0.466 e. The van der Waals surface area contributed by atoms with Crippen LogP contribution in [-0.4, -0.2) is 61.8 Å². The van der Waals surface area contributed by atoms with E-state index in [0.717, 1.165) is 45.0 Å². The SMILES string of the molecule is CCN=C(NC1C2CCOC2C12CCC2)N1CCC(C(=O)OCC)CC1.I. The van der Waals surface area contributed by atoms with Crippen molar-refractivity contribution < 1.29 is 14.3 Å². The number of piperidine rings is 1. The monoisotopic (exact) mass is 491 g/mol. The van der Waals surface area contributed by atoms with E-state index in [0.29, 0.717) is 30.1 Å². The van der Waals surface area contributed by atoms with Gasteiger partial charge in [0, 0.05) is 43.6 Å². The Morgan fingerprint density at radius 3 is 2.59 bits per heavy atom. The minimum absolute atomic E-state index is 0. The van der Waals surface area contributed by atoms with Crippen molar-refractivity contribution in [3.8, 4) is 0 Å². The highest BCUT2D eigenvalue weighted by molar-refractivity contribution is 14.0. The number of esters is 1. The quantitative estimate of drug-likeness (QED) is 0.284. The third kappa shape index (κ3) is 3.70. The number of nitrogens with one attached hydrogen (secondary N) is 1. The van der Waals surface area contributed by atoms with Crippen molar-refractivity contribution >= 4 is 35.9 Å². The van der Waals surface area contributed by atoms with Crippen molar-refractivity contribution in [1.82, 2.24) is 10.2 Å². The highest BCUT2D eigenvalue weighted by Crippen LogP contribution is 2.62. The number of halogens is 1. The van der Waals surface area contributed by atoms with E-state index in [1.807, 2.05) is 6.92 Å². The zero-order valence-electron chi connectivity index (χ0n) is 16.6. The molecule has 0 aromatic heterocycles. The van der Waals surface area contributed by atoms with E-state index in [1.165, 1.54) is 25.7 Å². The summed E-state index contributed by atoms with van der Waals surface area (Å²) in [6.07, 6.45) is 7.27. The fourth-order valence-electron chi connectivity index (χ4n) is 5.57. The number of guanidine groups is 1. The van der Waals surface area contributed by atoms with Crippen LogP contribution in [0.25, 0.3) is 0 Å². The number of ether oxygens (including phenoxy) is 2. The van der Waals surface area contributed by atoms with Crippen molar-refractivity contribution in [2.75, 3.05) is 32.8 Å². The van der Waals surface area contributed by atoms with Crippen LogP contribution >= 0.6 is 24.0 Å². The minimum atomic E-state index is -0.0348. The summed E-state index contributed by atoms with van der Waals surface area (Å²) in [6, 6.07) is 0.511. The van der Waals surface area contributed by atoms with Gasteiger partial charge in [-0.15, -0.1) is 24.0 Å². The van der Waals surface area contributed by atoms with Crippen molar-refractivity contribution in [2.45, 2.75) is 64.5 Å². The summed E-state index contributed by atoms with van der Waals surface area (Å²) in [6.45, 7) is 7.88. The lowest BCUT2D eigenvalue weighted by molar-refractivity contribution is -0.171. The van der Waals surface area contributed by atoms with E-state index in [-0.39, 0.29) is 35.9 Å². The summed E-state index contributed by atoms with van der Waals surface area (Å²) in [7, 11) is 0. The molecular formula is C20H34IN3O3. The molecule has 6 nitrogen and oxygen atoms in total. The Kier molecular flexibility index (Phi) is 6.93. The van der Waals surface area contributed by atoms with Gasteiger partial charge in [0.15, 0.2) is 5.96 Å². The molecule has 0 amide bonds. The fraction of sp³-hybridized carbons (Fsp3) is 0.900. The van der Waals surface area contributed by atoms with Crippen LogP contribution in [0.3, 0.4) is 0 Å². The van der Waals surface area contributed by atoms with Gasteiger partial charge < -0.3 is 19.7 Å². The normalized spacial score (nSPS) is 32.1. The highest BCUT2D eigenvalue weighted by Gasteiger charge is 2.66. The van der Waals surface area contributed by atoms with Gasteiger partial charge in [-0.3, -0.25) is 9.79 Å². The van der Waals surface area contributed by atoms with Crippen molar-refractivity contribution in [2.24, 2.45) is 22.2 Å². The number of aliphatic imine (C=N–C) groups is 1. The van der Waals surface area contributed by atoms with E-state index >= 15 is 0 Å². The molecule has 0 aromatic carbocycles. The summed E-state index contributed by atoms with van der Waals surface area (Å²) in [5.41, 5.74) is 0.360. The largest absolute Gasteiger partial charge is 0.466 e. The predicted octanol–water partition coefficient (Wildman–Crippen LogP) is 2.80. The molecule has 7 heteroatoms. The molecule has 2 aliphatic carbocycles. The van der Waals surface area contributed by atoms with Crippen LogP contribution in [0, 0.1) is 17.3 Å². The van der Waals surface area contributed by atoms with E-state index in [9.17, 15) is 4.79 Å². The summed E-state index contributed by atoms with van der Waals surface area (Å²) in [4.78, 5) is 19.1. The molecule has 4 rings (SSSR count). The molecule has 0 radical (unpaired) electrons. The van der Waals surface area contributed by atoms with E-state index in [4.69, 9.17) is 14.5 Å². The van der Waals surface area contributed by atoms with Gasteiger partial charge >= 0.3 is 5.97 Å². The average molecular weight is 491 g/mol. The van der Waals surface area contributed by atoms with Gasteiger partial charge in [0.05, 0.1) is 18.6 Å². The maximum atomic E-state index is 12.0.